The maximum Gasteiger partial charge on any atom is 0.307 e. The molecule has 3 rings (SSSR count). The third kappa shape index (κ3) is 2.72. The van der Waals surface area contributed by atoms with Gasteiger partial charge in [0.2, 0.25) is 5.91 Å². The van der Waals surface area contributed by atoms with Crippen LogP contribution in [-0.2, 0) is 9.59 Å². The zero-order valence-electron chi connectivity index (χ0n) is 12.8. The fraction of sp³-hybridized carbons (Fsp3) is 0.765. The molecule has 0 radical (unpaired) electrons. The number of hydrogen-bond donors (Lipinski definition) is 2. The largest absolute Gasteiger partial charge is 0.481 e. The SMILES string of the molecule is CC(C)CC1(CNC(=O)C2C3C=CC(C3)C2C(=O)O)CC1. The number of carbonyl (C=O) groups excluding carboxylic acids is 1. The molecule has 0 saturated heterocycles. The van der Waals surface area contributed by atoms with E-state index in [0.717, 1.165) is 12.8 Å². The minimum atomic E-state index is -0.824. The fourth-order valence-corrected chi connectivity index (χ4v) is 4.40. The number of fused-ring (bicyclic) bond motifs is 2. The van der Waals surface area contributed by atoms with Crippen LogP contribution in [-0.4, -0.2) is 23.5 Å². The van der Waals surface area contributed by atoms with Gasteiger partial charge in [-0.3, -0.25) is 9.59 Å². The second-order valence-corrected chi connectivity index (χ2v) is 7.65. The highest BCUT2D eigenvalue weighted by Crippen LogP contribution is 2.51. The van der Waals surface area contributed by atoms with Gasteiger partial charge in [0.15, 0.2) is 0 Å². The molecule has 0 aromatic heterocycles. The molecular weight excluding hydrogens is 266 g/mol. The summed E-state index contributed by atoms with van der Waals surface area (Å²) in [6.07, 6.45) is 8.36. The molecule has 2 N–H and O–H groups in total. The summed E-state index contributed by atoms with van der Waals surface area (Å²) in [7, 11) is 0. The third-order valence-electron chi connectivity index (χ3n) is 5.48. The highest BCUT2D eigenvalue weighted by Gasteiger charge is 2.52. The first-order valence-corrected chi connectivity index (χ1v) is 8.11. The molecule has 4 unspecified atom stereocenters. The molecule has 0 heterocycles. The van der Waals surface area contributed by atoms with Crippen molar-refractivity contribution in [2.75, 3.05) is 6.54 Å². The van der Waals surface area contributed by atoms with Gasteiger partial charge >= 0.3 is 5.97 Å². The summed E-state index contributed by atoms with van der Waals surface area (Å²) in [4.78, 5) is 24.0. The van der Waals surface area contributed by atoms with Crippen LogP contribution in [0.1, 0.15) is 39.5 Å². The summed E-state index contributed by atoms with van der Waals surface area (Å²) in [5, 5.41) is 12.5. The number of carboxylic acids is 1. The topological polar surface area (TPSA) is 66.4 Å². The first-order chi connectivity index (χ1) is 9.92. The van der Waals surface area contributed by atoms with Gasteiger partial charge in [0.25, 0.3) is 0 Å². The Balaban J connectivity index is 1.61. The monoisotopic (exact) mass is 291 g/mol. The number of amides is 1. The van der Waals surface area contributed by atoms with E-state index in [1.807, 2.05) is 12.2 Å². The number of rotatable bonds is 6. The van der Waals surface area contributed by atoms with Gasteiger partial charge in [0, 0.05) is 6.54 Å². The number of hydrogen-bond acceptors (Lipinski definition) is 2. The average molecular weight is 291 g/mol. The molecule has 3 aliphatic carbocycles. The molecule has 3 aliphatic rings. The fourth-order valence-electron chi connectivity index (χ4n) is 4.40. The molecular formula is C17H25NO3. The lowest BCUT2D eigenvalue weighted by molar-refractivity contribution is -0.147. The van der Waals surface area contributed by atoms with Crippen molar-refractivity contribution in [3.63, 3.8) is 0 Å². The van der Waals surface area contributed by atoms with Crippen LogP contribution >= 0.6 is 0 Å². The molecule has 116 valence electrons. The van der Waals surface area contributed by atoms with Crippen LogP contribution < -0.4 is 5.32 Å². The Morgan fingerprint density at radius 1 is 1.24 bits per heavy atom. The number of carboxylic acid groups (broad SMARTS) is 1. The Bertz CT molecular complexity index is 478. The Kier molecular flexibility index (Phi) is 3.58. The summed E-state index contributed by atoms with van der Waals surface area (Å²) < 4.78 is 0. The summed E-state index contributed by atoms with van der Waals surface area (Å²) >= 11 is 0. The van der Waals surface area contributed by atoms with Gasteiger partial charge in [0.05, 0.1) is 11.8 Å². The molecule has 2 saturated carbocycles. The van der Waals surface area contributed by atoms with Crippen molar-refractivity contribution in [2.24, 2.45) is 35.0 Å². The van der Waals surface area contributed by atoms with Crippen molar-refractivity contribution in [1.29, 1.82) is 0 Å². The van der Waals surface area contributed by atoms with E-state index in [1.54, 1.807) is 0 Å². The van der Waals surface area contributed by atoms with Crippen molar-refractivity contribution in [3.8, 4) is 0 Å². The maximum absolute atomic E-state index is 12.5. The van der Waals surface area contributed by atoms with Crippen molar-refractivity contribution in [3.05, 3.63) is 12.2 Å². The van der Waals surface area contributed by atoms with Crippen LogP contribution in [0.3, 0.4) is 0 Å². The van der Waals surface area contributed by atoms with Gasteiger partial charge in [0.1, 0.15) is 0 Å². The lowest BCUT2D eigenvalue weighted by atomic mass is 9.82. The minimum absolute atomic E-state index is 0.0470. The number of carbonyl (C=O) groups is 2. The van der Waals surface area contributed by atoms with Crippen LogP contribution in [0.4, 0.5) is 0 Å². The highest BCUT2D eigenvalue weighted by molar-refractivity contribution is 5.86. The lowest BCUT2D eigenvalue weighted by Crippen LogP contribution is -2.42. The van der Waals surface area contributed by atoms with E-state index in [0.29, 0.717) is 12.5 Å². The summed E-state index contributed by atoms with van der Waals surface area (Å²) in [5.41, 5.74) is 0.288. The molecule has 4 heteroatoms. The van der Waals surface area contributed by atoms with Crippen molar-refractivity contribution >= 4 is 11.9 Å². The van der Waals surface area contributed by atoms with E-state index in [2.05, 4.69) is 19.2 Å². The summed E-state index contributed by atoms with van der Waals surface area (Å²) in [6, 6.07) is 0. The molecule has 1 amide bonds. The standard InChI is InChI=1S/C17H25NO3/c1-10(2)8-17(5-6-17)9-18-15(19)13-11-3-4-12(7-11)14(13)16(20)21/h3-4,10-14H,5-9H2,1-2H3,(H,18,19)(H,20,21). The Hall–Kier alpha value is -1.32. The first-order valence-electron chi connectivity index (χ1n) is 8.11. The van der Waals surface area contributed by atoms with E-state index in [-0.39, 0.29) is 29.1 Å². The van der Waals surface area contributed by atoms with Gasteiger partial charge < -0.3 is 10.4 Å². The Labute approximate surface area is 126 Å². The molecule has 2 fully saturated rings. The number of aliphatic carboxylic acids is 1. The molecule has 0 aliphatic heterocycles. The van der Waals surface area contributed by atoms with E-state index < -0.39 is 11.9 Å². The highest BCUT2D eigenvalue weighted by atomic mass is 16.4. The maximum atomic E-state index is 12.5. The van der Waals surface area contributed by atoms with Crippen molar-refractivity contribution < 1.29 is 14.7 Å². The quantitative estimate of drug-likeness (QED) is 0.739. The lowest BCUT2D eigenvalue weighted by Gasteiger charge is -2.25. The van der Waals surface area contributed by atoms with Crippen LogP contribution in [0.15, 0.2) is 12.2 Å². The third-order valence-corrected chi connectivity index (χ3v) is 5.48. The smallest absolute Gasteiger partial charge is 0.307 e. The second kappa shape index (κ2) is 5.15. The van der Waals surface area contributed by atoms with E-state index >= 15 is 0 Å². The number of nitrogens with one attached hydrogen (secondary N) is 1. The number of allylic oxidation sites excluding steroid dienone is 2. The minimum Gasteiger partial charge on any atom is -0.481 e. The molecule has 4 atom stereocenters. The predicted molar refractivity (Wildman–Crippen MR) is 79.5 cm³/mol. The zero-order valence-corrected chi connectivity index (χ0v) is 12.8. The van der Waals surface area contributed by atoms with Gasteiger partial charge in [-0.2, -0.15) is 0 Å². The van der Waals surface area contributed by atoms with E-state index in [1.165, 1.54) is 12.8 Å². The molecule has 2 bridgehead atoms. The molecule has 0 aromatic rings. The van der Waals surface area contributed by atoms with Gasteiger partial charge in [-0.05, 0) is 48.9 Å². The molecule has 0 spiro atoms. The second-order valence-electron chi connectivity index (χ2n) is 7.65. The van der Waals surface area contributed by atoms with Crippen molar-refractivity contribution in [2.45, 2.75) is 39.5 Å². The van der Waals surface area contributed by atoms with Gasteiger partial charge in [-0.15, -0.1) is 0 Å². The molecule has 21 heavy (non-hydrogen) atoms. The van der Waals surface area contributed by atoms with Crippen LogP contribution in [0.5, 0.6) is 0 Å². The molecule has 0 aromatic carbocycles. The average Bonchev–Trinajstić information content (AvgIpc) is 2.86. The van der Waals surface area contributed by atoms with Crippen LogP contribution in [0.2, 0.25) is 0 Å². The van der Waals surface area contributed by atoms with Gasteiger partial charge in [-0.25, -0.2) is 0 Å². The first kappa shape index (κ1) is 14.6. The zero-order chi connectivity index (χ0) is 15.2. The predicted octanol–water partition coefficient (Wildman–Crippen LogP) is 2.45. The summed E-state index contributed by atoms with van der Waals surface area (Å²) in [5.74, 6) is -0.955. The van der Waals surface area contributed by atoms with Gasteiger partial charge in [-0.1, -0.05) is 26.0 Å². The Morgan fingerprint density at radius 2 is 1.86 bits per heavy atom. The van der Waals surface area contributed by atoms with Crippen LogP contribution in [0, 0.1) is 35.0 Å². The summed E-state index contributed by atoms with van der Waals surface area (Å²) in [6.45, 7) is 5.14. The van der Waals surface area contributed by atoms with E-state index in [9.17, 15) is 14.7 Å². The molecule has 4 nitrogen and oxygen atoms in total. The Morgan fingerprint density at radius 3 is 2.38 bits per heavy atom. The normalized spacial score (nSPS) is 35.2. The van der Waals surface area contributed by atoms with Crippen molar-refractivity contribution in [1.82, 2.24) is 5.32 Å². The van der Waals surface area contributed by atoms with E-state index in [4.69, 9.17) is 0 Å². The van der Waals surface area contributed by atoms with Crippen LogP contribution in [0.25, 0.3) is 0 Å².